The summed E-state index contributed by atoms with van der Waals surface area (Å²) in [7, 11) is 0. The van der Waals surface area contributed by atoms with E-state index in [1.165, 1.54) is 6.92 Å². The third kappa shape index (κ3) is 3.86. The summed E-state index contributed by atoms with van der Waals surface area (Å²) in [6.45, 7) is 3.51. The number of nitrogens with one attached hydrogen (secondary N) is 2. The number of carbonyl (C=O) groups is 1. The Bertz CT molecular complexity index is 563. The molecule has 1 aromatic carbocycles. The molecule has 0 radical (unpaired) electrons. The summed E-state index contributed by atoms with van der Waals surface area (Å²) in [6.07, 6.45) is 0. The van der Waals surface area contributed by atoms with Gasteiger partial charge in [-0.1, -0.05) is 0 Å². The number of amides is 1. The Balaban J connectivity index is 2.01. The molecule has 2 aromatic rings. The lowest BCUT2D eigenvalue weighted by Crippen LogP contribution is -2.07. The summed E-state index contributed by atoms with van der Waals surface area (Å²) in [5.41, 5.74) is 1.75. The van der Waals surface area contributed by atoms with E-state index in [0.717, 1.165) is 21.8 Å². The van der Waals surface area contributed by atoms with E-state index in [1.54, 1.807) is 0 Å². The van der Waals surface area contributed by atoms with Crippen molar-refractivity contribution in [2.75, 3.05) is 10.6 Å². The molecule has 0 aliphatic rings. The van der Waals surface area contributed by atoms with Crippen LogP contribution in [0.1, 0.15) is 25.6 Å². The largest absolute Gasteiger partial charge is 0.452 e. The first-order valence-corrected chi connectivity index (χ1v) is 6.73. The SMILES string of the molecule is CC(=O)Nc1ccc(NC(C)c2ccc(Br)o2)cc1. The Morgan fingerprint density at radius 1 is 1.16 bits per heavy atom. The quantitative estimate of drug-likeness (QED) is 0.888. The minimum absolute atomic E-state index is 0.0675. The van der Waals surface area contributed by atoms with Crippen molar-refractivity contribution >= 4 is 33.2 Å². The Morgan fingerprint density at radius 2 is 1.79 bits per heavy atom. The molecule has 0 fully saturated rings. The molecule has 0 aliphatic carbocycles. The molecule has 5 heteroatoms. The summed E-state index contributed by atoms with van der Waals surface area (Å²) in [5, 5.41) is 6.05. The molecule has 4 nitrogen and oxygen atoms in total. The van der Waals surface area contributed by atoms with Gasteiger partial charge in [-0.15, -0.1) is 0 Å². The molecule has 1 aromatic heterocycles. The van der Waals surface area contributed by atoms with Crippen LogP contribution in [0.2, 0.25) is 0 Å². The maximum absolute atomic E-state index is 10.9. The van der Waals surface area contributed by atoms with Crippen LogP contribution in [0.25, 0.3) is 0 Å². The van der Waals surface area contributed by atoms with Gasteiger partial charge in [0.1, 0.15) is 5.76 Å². The monoisotopic (exact) mass is 322 g/mol. The van der Waals surface area contributed by atoms with E-state index in [4.69, 9.17) is 4.42 Å². The van der Waals surface area contributed by atoms with Crippen molar-refractivity contribution < 1.29 is 9.21 Å². The van der Waals surface area contributed by atoms with E-state index in [2.05, 4.69) is 26.6 Å². The normalized spacial score (nSPS) is 11.9. The lowest BCUT2D eigenvalue weighted by Gasteiger charge is -2.13. The molecule has 100 valence electrons. The van der Waals surface area contributed by atoms with Crippen LogP contribution >= 0.6 is 15.9 Å². The van der Waals surface area contributed by atoms with Crippen LogP contribution in [0.3, 0.4) is 0 Å². The Morgan fingerprint density at radius 3 is 2.32 bits per heavy atom. The Kier molecular flexibility index (Phi) is 4.27. The van der Waals surface area contributed by atoms with Gasteiger partial charge in [0.05, 0.1) is 6.04 Å². The highest BCUT2D eigenvalue weighted by atomic mass is 79.9. The lowest BCUT2D eigenvalue weighted by molar-refractivity contribution is -0.114. The standard InChI is InChI=1S/C14H15BrN2O2/c1-9(13-7-8-14(15)19-13)16-11-3-5-12(6-4-11)17-10(2)18/h3-9,16H,1-2H3,(H,17,18). The first kappa shape index (κ1) is 13.7. The fourth-order valence-corrected chi connectivity index (χ4v) is 2.05. The molecule has 0 spiro atoms. The highest BCUT2D eigenvalue weighted by molar-refractivity contribution is 9.10. The average Bonchev–Trinajstić information content (AvgIpc) is 2.78. The van der Waals surface area contributed by atoms with Gasteiger partial charge < -0.3 is 15.1 Å². The van der Waals surface area contributed by atoms with Crippen molar-refractivity contribution in [3.8, 4) is 0 Å². The highest BCUT2D eigenvalue weighted by Crippen LogP contribution is 2.24. The second-order valence-electron chi connectivity index (χ2n) is 4.27. The van der Waals surface area contributed by atoms with Crippen LogP contribution in [0.4, 0.5) is 11.4 Å². The van der Waals surface area contributed by atoms with Crippen LogP contribution in [0.5, 0.6) is 0 Å². The molecule has 2 N–H and O–H groups in total. The molecule has 1 heterocycles. The van der Waals surface area contributed by atoms with Crippen LogP contribution in [-0.4, -0.2) is 5.91 Å². The fourth-order valence-electron chi connectivity index (χ4n) is 1.74. The van der Waals surface area contributed by atoms with E-state index in [1.807, 2.05) is 43.3 Å². The highest BCUT2D eigenvalue weighted by Gasteiger charge is 2.09. The number of halogens is 1. The number of furan rings is 1. The number of benzene rings is 1. The molecular formula is C14H15BrN2O2. The fraction of sp³-hybridized carbons (Fsp3) is 0.214. The third-order valence-electron chi connectivity index (χ3n) is 2.61. The lowest BCUT2D eigenvalue weighted by atomic mass is 10.2. The summed E-state index contributed by atoms with van der Waals surface area (Å²) in [5.74, 6) is 0.785. The smallest absolute Gasteiger partial charge is 0.221 e. The summed E-state index contributed by atoms with van der Waals surface area (Å²) in [6, 6.07) is 11.4. The number of rotatable bonds is 4. The molecule has 1 amide bonds. The number of hydrogen-bond acceptors (Lipinski definition) is 3. The van der Waals surface area contributed by atoms with Gasteiger partial charge >= 0.3 is 0 Å². The van der Waals surface area contributed by atoms with E-state index < -0.39 is 0 Å². The van der Waals surface area contributed by atoms with Crippen molar-refractivity contribution in [1.29, 1.82) is 0 Å². The second kappa shape index (κ2) is 5.93. The molecule has 1 unspecified atom stereocenters. The molecule has 2 rings (SSSR count). The van der Waals surface area contributed by atoms with Gasteiger partial charge in [0.15, 0.2) is 4.67 Å². The molecule has 0 aliphatic heterocycles. The number of hydrogen-bond donors (Lipinski definition) is 2. The van der Waals surface area contributed by atoms with Gasteiger partial charge in [-0.2, -0.15) is 0 Å². The first-order chi connectivity index (χ1) is 9.04. The number of anilines is 2. The third-order valence-corrected chi connectivity index (χ3v) is 3.04. The Labute approximate surface area is 120 Å². The van der Waals surface area contributed by atoms with E-state index in [-0.39, 0.29) is 11.9 Å². The molecule has 1 atom stereocenters. The maximum atomic E-state index is 10.9. The minimum atomic E-state index is -0.0745. The van der Waals surface area contributed by atoms with Gasteiger partial charge in [0, 0.05) is 18.3 Å². The molecule has 19 heavy (non-hydrogen) atoms. The van der Waals surface area contributed by atoms with Gasteiger partial charge in [-0.25, -0.2) is 0 Å². The van der Waals surface area contributed by atoms with Crippen LogP contribution in [0, 0.1) is 0 Å². The zero-order valence-electron chi connectivity index (χ0n) is 10.7. The zero-order chi connectivity index (χ0) is 13.8. The topological polar surface area (TPSA) is 54.3 Å². The van der Waals surface area contributed by atoms with Crippen molar-refractivity contribution in [2.45, 2.75) is 19.9 Å². The molecule has 0 saturated heterocycles. The second-order valence-corrected chi connectivity index (χ2v) is 5.05. The van der Waals surface area contributed by atoms with Crippen LogP contribution in [0.15, 0.2) is 45.5 Å². The molecule has 0 bridgehead atoms. The predicted molar refractivity (Wildman–Crippen MR) is 79.2 cm³/mol. The van der Waals surface area contributed by atoms with Crippen LogP contribution in [-0.2, 0) is 4.79 Å². The van der Waals surface area contributed by atoms with Gasteiger partial charge in [-0.3, -0.25) is 4.79 Å². The first-order valence-electron chi connectivity index (χ1n) is 5.94. The van der Waals surface area contributed by atoms with E-state index in [0.29, 0.717) is 0 Å². The van der Waals surface area contributed by atoms with E-state index in [9.17, 15) is 4.79 Å². The molecular weight excluding hydrogens is 308 g/mol. The van der Waals surface area contributed by atoms with E-state index >= 15 is 0 Å². The number of carbonyl (C=O) groups excluding carboxylic acids is 1. The maximum Gasteiger partial charge on any atom is 0.221 e. The van der Waals surface area contributed by atoms with Crippen molar-refractivity contribution in [2.24, 2.45) is 0 Å². The Hall–Kier alpha value is -1.75. The molecule has 0 saturated carbocycles. The van der Waals surface area contributed by atoms with Gasteiger partial charge in [0.25, 0.3) is 0 Å². The summed E-state index contributed by atoms with van der Waals surface area (Å²) >= 11 is 3.28. The predicted octanol–water partition coefficient (Wildman–Crippen LogP) is 4.17. The van der Waals surface area contributed by atoms with Crippen molar-refractivity contribution in [1.82, 2.24) is 0 Å². The van der Waals surface area contributed by atoms with Gasteiger partial charge in [0.2, 0.25) is 5.91 Å². The van der Waals surface area contributed by atoms with Crippen LogP contribution < -0.4 is 10.6 Å². The van der Waals surface area contributed by atoms with Crippen molar-refractivity contribution in [3.05, 3.63) is 46.8 Å². The minimum Gasteiger partial charge on any atom is -0.452 e. The summed E-state index contributed by atoms with van der Waals surface area (Å²) < 4.78 is 6.21. The van der Waals surface area contributed by atoms with Crippen molar-refractivity contribution in [3.63, 3.8) is 0 Å². The summed E-state index contributed by atoms with van der Waals surface area (Å²) in [4.78, 5) is 10.9. The average molecular weight is 323 g/mol. The van der Waals surface area contributed by atoms with Gasteiger partial charge in [-0.05, 0) is 59.3 Å². The zero-order valence-corrected chi connectivity index (χ0v) is 12.3.